The molecule has 1 fully saturated rings. The van der Waals surface area contributed by atoms with Crippen molar-refractivity contribution >= 4 is 11.7 Å². The second kappa shape index (κ2) is 7.93. The number of rotatable bonds is 5. The number of hydrogen-bond acceptors (Lipinski definition) is 3. The van der Waals surface area contributed by atoms with Gasteiger partial charge in [0, 0.05) is 24.4 Å². The molecule has 0 aromatic heterocycles. The van der Waals surface area contributed by atoms with Crippen LogP contribution in [0, 0.1) is 0 Å². The number of carbonyl (C=O) groups is 2. The number of fused-ring (bicyclic) bond motifs is 1. The van der Waals surface area contributed by atoms with Gasteiger partial charge in [-0.25, -0.2) is 0 Å². The first-order chi connectivity index (χ1) is 11.6. The number of carbonyl (C=O) groups excluding carboxylic acids is 2. The average molecular weight is 328 g/mol. The molecule has 1 saturated heterocycles. The molecule has 1 N–H and O–H groups in total. The number of piperidine rings is 1. The van der Waals surface area contributed by atoms with Crippen molar-refractivity contribution < 1.29 is 9.59 Å². The first kappa shape index (κ1) is 17.2. The number of hydrogen-bond donors (Lipinski definition) is 1. The fourth-order valence-electron chi connectivity index (χ4n) is 3.73. The molecule has 24 heavy (non-hydrogen) atoms. The summed E-state index contributed by atoms with van der Waals surface area (Å²) in [4.78, 5) is 26.7. The van der Waals surface area contributed by atoms with Crippen LogP contribution in [-0.2, 0) is 17.6 Å². The Labute approximate surface area is 144 Å². The minimum absolute atomic E-state index is 0.0101. The largest absolute Gasteiger partial charge is 0.353 e. The number of nitrogens with zero attached hydrogens (tertiary/aromatic N) is 1. The van der Waals surface area contributed by atoms with Crippen LogP contribution >= 0.6 is 0 Å². The highest BCUT2D eigenvalue weighted by Crippen LogP contribution is 2.23. The zero-order valence-electron chi connectivity index (χ0n) is 14.6. The van der Waals surface area contributed by atoms with Gasteiger partial charge < -0.3 is 10.2 Å². The Morgan fingerprint density at radius 3 is 2.54 bits per heavy atom. The summed E-state index contributed by atoms with van der Waals surface area (Å²) in [5.74, 6) is 0.0952. The standard InChI is InChI=1S/C20H28N2O2/c1-22-12-10-18(11-13-22)21-20(24)9-8-19(23)17-7-6-15-4-2-3-5-16(15)14-17/h6-7,14,18H,2-5,8-13H2,1H3,(H,21,24). The summed E-state index contributed by atoms with van der Waals surface area (Å²) >= 11 is 0. The number of benzene rings is 1. The van der Waals surface area contributed by atoms with Crippen LogP contribution in [0.25, 0.3) is 0 Å². The van der Waals surface area contributed by atoms with Gasteiger partial charge in [-0.1, -0.05) is 12.1 Å². The summed E-state index contributed by atoms with van der Waals surface area (Å²) < 4.78 is 0. The summed E-state index contributed by atoms with van der Waals surface area (Å²) in [6.07, 6.45) is 7.26. The molecule has 1 amide bonds. The summed E-state index contributed by atoms with van der Waals surface area (Å²) in [6.45, 7) is 2.05. The Kier molecular flexibility index (Phi) is 5.67. The molecule has 1 aliphatic carbocycles. The fourth-order valence-corrected chi connectivity index (χ4v) is 3.73. The Morgan fingerprint density at radius 1 is 1.08 bits per heavy atom. The van der Waals surface area contributed by atoms with Crippen LogP contribution in [0.1, 0.15) is 60.0 Å². The van der Waals surface area contributed by atoms with Gasteiger partial charge in [0.25, 0.3) is 0 Å². The van der Waals surface area contributed by atoms with Crippen molar-refractivity contribution in [3.05, 3.63) is 34.9 Å². The molecule has 4 nitrogen and oxygen atoms in total. The number of amides is 1. The van der Waals surface area contributed by atoms with E-state index in [0.717, 1.165) is 44.3 Å². The second-order valence-electron chi connectivity index (χ2n) is 7.26. The van der Waals surface area contributed by atoms with Crippen molar-refractivity contribution in [3.63, 3.8) is 0 Å². The smallest absolute Gasteiger partial charge is 0.220 e. The molecule has 1 aromatic carbocycles. The highest BCUT2D eigenvalue weighted by atomic mass is 16.2. The maximum absolute atomic E-state index is 12.4. The van der Waals surface area contributed by atoms with Gasteiger partial charge in [-0.3, -0.25) is 9.59 Å². The predicted molar refractivity (Wildman–Crippen MR) is 95.3 cm³/mol. The molecule has 4 heteroatoms. The maximum atomic E-state index is 12.4. The van der Waals surface area contributed by atoms with Crippen molar-refractivity contribution in [3.8, 4) is 0 Å². The number of nitrogens with one attached hydrogen (secondary N) is 1. The monoisotopic (exact) mass is 328 g/mol. The summed E-state index contributed by atoms with van der Waals surface area (Å²) in [7, 11) is 2.11. The number of Topliss-reactive ketones (excluding diaryl/α,β-unsaturated/α-hetero) is 1. The van der Waals surface area contributed by atoms with Crippen LogP contribution in [0.3, 0.4) is 0 Å². The van der Waals surface area contributed by atoms with Crippen LogP contribution in [0.15, 0.2) is 18.2 Å². The van der Waals surface area contributed by atoms with Gasteiger partial charge in [0.2, 0.25) is 5.91 Å². The molecule has 1 heterocycles. The van der Waals surface area contributed by atoms with E-state index in [2.05, 4.69) is 23.3 Å². The van der Waals surface area contributed by atoms with E-state index < -0.39 is 0 Å². The molecule has 0 unspecified atom stereocenters. The lowest BCUT2D eigenvalue weighted by Gasteiger charge is -2.29. The minimum Gasteiger partial charge on any atom is -0.353 e. The average Bonchev–Trinajstić information content (AvgIpc) is 2.61. The van der Waals surface area contributed by atoms with Crippen LogP contribution in [-0.4, -0.2) is 42.8 Å². The lowest BCUT2D eigenvalue weighted by atomic mass is 9.89. The molecule has 0 saturated carbocycles. The zero-order chi connectivity index (χ0) is 16.9. The number of ketones is 1. The van der Waals surface area contributed by atoms with Crippen LogP contribution in [0.4, 0.5) is 0 Å². The predicted octanol–water partition coefficient (Wildman–Crippen LogP) is 2.74. The molecule has 0 atom stereocenters. The summed E-state index contributed by atoms with van der Waals surface area (Å²) in [5.41, 5.74) is 3.48. The quantitative estimate of drug-likeness (QED) is 0.846. The molecule has 2 aliphatic rings. The Bertz CT molecular complexity index is 604. The normalized spacial score (nSPS) is 18.9. The zero-order valence-corrected chi connectivity index (χ0v) is 14.6. The second-order valence-corrected chi connectivity index (χ2v) is 7.26. The fraction of sp³-hybridized carbons (Fsp3) is 0.600. The van der Waals surface area contributed by atoms with E-state index in [-0.39, 0.29) is 17.7 Å². The van der Waals surface area contributed by atoms with Gasteiger partial charge in [-0.05, 0) is 75.9 Å². The Morgan fingerprint density at radius 2 is 1.79 bits per heavy atom. The van der Waals surface area contributed by atoms with Crippen molar-refractivity contribution in [1.82, 2.24) is 10.2 Å². The van der Waals surface area contributed by atoms with Gasteiger partial charge >= 0.3 is 0 Å². The van der Waals surface area contributed by atoms with Crippen molar-refractivity contribution in [1.29, 1.82) is 0 Å². The minimum atomic E-state index is 0.0101. The van der Waals surface area contributed by atoms with Crippen molar-refractivity contribution in [2.75, 3.05) is 20.1 Å². The van der Waals surface area contributed by atoms with E-state index >= 15 is 0 Å². The maximum Gasteiger partial charge on any atom is 0.220 e. The lowest BCUT2D eigenvalue weighted by molar-refractivity contribution is -0.122. The van der Waals surface area contributed by atoms with Gasteiger partial charge in [-0.2, -0.15) is 0 Å². The van der Waals surface area contributed by atoms with E-state index in [0.29, 0.717) is 12.8 Å². The van der Waals surface area contributed by atoms with Crippen molar-refractivity contribution in [2.24, 2.45) is 0 Å². The van der Waals surface area contributed by atoms with Gasteiger partial charge in [-0.15, -0.1) is 0 Å². The highest BCUT2D eigenvalue weighted by molar-refractivity contribution is 5.98. The summed E-state index contributed by atoms with van der Waals surface area (Å²) in [6, 6.07) is 6.35. The third-order valence-corrected chi connectivity index (χ3v) is 5.33. The van der Waals surface area contributed by atoms with E-state index in [4.69, 9.17) is 0 Å². The molecular weight excluding hydrogens is 300 g/mol. The van der Waals surface area contributed by atoms with Gasteiger partial charge in [0.1, 0.15) is 0 Å². The van der Waals surface area contributed by atoms with E-state index in [1.54, 1.807) is 0 Å². The SMILES string of the molecule is CN1CCC(NC(=O)CCC(=O)c2ccc3c(c2)CCCC3)CC1. The first-order valence-electron chi connectivity index (χ1n) is 9.25. The molecule has 130 valence electrons. The third-order valence-electron chi connectivity index (χ3n) is 5.33. The first-order valence-corrected chi connectivity index (χ1v) is 9.25. The third kappa shape index (κ3) is 4.44. The van der Waals surface area contributed by atoms with Crippen LogP contribution < -0.4 is 5.32 Å². The molecule has 0 bridgehead atoms. The van der Waals surface area contributed by atoms with E-state index in [9.17, 15) is 9.59 Å². The molecule has 3 rings (SSSR count). The number of likely N-dealkylation sites (tertiary alicyclic amines) is 1. The van der Waals surface area contributed by atoms with Crippen LogP contribution in [0.2, 0.25) is 0 Å². The lowest BCUT2D eigenvalue weighted by Crippen LogP contribution is -2.43. The Hall–Kier alpha value is -1.68. The topological polar surface area (TPSA) is 49.4 Å². The van der Waals surface area contributed by atoms with Gasteiger partial charge in [0.15, 0.2) is 5.78 Å². The van der Waals surface area contributed by atoms with E-state index in [1.807, 2.05) is 12.1 Å². The van der Waals surface area contributed by atoms with Crippen LogP contribution in [0.5, 0.6) is 0 Å². The highest BCUT2D eigenvalue weighted by Gasteiger charge is 2.19. The molecule has 1 aliphatic heterocycles. The van der Waals surface area contributed by atoms with Crippen molar-refractivity contribution in [2.45, 2.75) is 57.4 Å². The van der Waals surface area contributed by atoms with Gasteiger partial charge in [0.05, 0.1) is 0 Å². The molecular formula is C20H28N2O2. The number of aryl methyl sites for hydroxylation is 2. The molecule has 1 aromatic rings. The Balaban J connectivity index is 1.47. The summed E-state index contributed by atoms with van der Waals surface area (Å²) in [5, 5.41) is 3.08. The molecule has 0 spiro atoms. The van der Waals surface area contributed by atoms with E-state index in [1.165, 1.54) is 24.0 Å². The molecule has 0 radical (unpaired) electrons.